The number of nitrogens with one attached hydrogen (secondary N) is 1. The molecule has 1 aliphatic rings. The average Bonchev–Trinajstić information content (AvgIpc) is 2.89. The predicted octanol–water partition coefficient (Wildman–Crippen LogP) is 2.18. The fourth-order valence-corrected chi connectivity index (χ4v) is 3.71. The molecule has 0 saturated carbocycles. The molecule has 0 fully saturated rings. The van der Waals surface area contributed by atoms with E-state index in [1.54, 1.807) is 18.2 Å². The van der Waals surface area contributed by atoms with Crippen molar-refractivity contribution in [3.63, 3.8) is 0 Å². The van der Waals surface area contributed by atoms with Crippen molar-refractivity contribution in [1.29, 1.82) is 0 Å². The number of benzene rings is 2. The van der Waals surface area contributed by atoms with Crippen molar-refractivity contribution < 1.29 is 31.4 Å². The Labute approximate surface area is 153 Å². The molecule has 2 N–H and O–H groups in total. The summed E-state index contributed by atoms with van der Waals surface area (Å²) in [6.45, 7) is -0.488. The van der Waals surface area contributed by atoms with Gasteiger partial charge < -0.3 is 9.84 Å². The van der Waals surface area contributed by atoms with E-state index in [0.717, 1.165) is 12.1 Å². The van der Waals surface area contributed by atoms with E-state index in [1.807, 2.05) is 0 Å². The van der Waals surface area contributed by atoms with E-state index in [0.29, 0.717) is 5.56 Å². The Hall–Kier alpha value is -2.59. The Kier molecular flexibility index (Phi) is 5.11. The zero-order valence-electron chi connectivity index (χ0n) is 13.8. The molecule has 10 heteroatoms. The molecule has 6 nitrogen and oxygen atoms in total. The van der Waals surface area contributed by atoms with Gasteiger partial charge >= 0.3 is 6.18 Å². The first-order chi connectivity index (χ1) is 12.7. The molecule has 0 bridgehead atoms. The summed E-state index contributed by atoms with van der Waals surface area (Å²) in [6, 6.07) is 10.6. The molecular formula is C17H15F3N2O4S. The lowest BCUT2D eigenvalue weighted by atomic mass is 10.2. The fourth-order valence-electron chi connectivity index (χ4n) is 2.46. The number of ether oxygens (including phenoxy) is 1. The molecule has 3 rings (SSSR count). The first kappa shape index (κ1) is 19.2. The van der Waals surface area contributed by atoms with Crippen LogP contribution in [0.25, 0.3) is 0 Å². The van der Waals surface area contributed by atoms with Crippen molar-refractivity contribution in [3.8, 4) is 5.75 Å². The number of nitrogens with zero attached hydrogens (tertiary/aromatic N) is 1. The lowest BCUT2D eigenvalue weighted by Crippen LogP contribution is -2.26. The van der Waals surface area contributed by atoms with E-state index in [-0.39, 0.29) is 29.6 Å². The topological polar surface area (TPSA) is 88.0 Å². The summed E-state index contributed by atoms with van der Waals surface area (Å²) >= 11 is 0. The molecule has 0 spiro atoms. The third kappa shape index (κ3) is 4.40. The van der Waals surface area contributed by atoms with E-state index in [9.17, 15) is 26.7 Å². The van der Waals surface area contributed by atoms with Gasteiger partial charge in [-0.2, -0.15) is 13.2 Å². The zero-order chi connectivity index (χ0) is 19.7. The first-order valence-electron chi connectivity index (χ1n) is 7.81. The minimum Gasteiger partial charge on any atom is -0.491 e. The van der Waals surface area contributed by atoms with Gasteiger partial charge in [0.1, 0.15) is 24.3 Å². The van der Waals surface area contributed by atoms with Gasteiger partial charge in [0.05, 0.1) is 17.0 Å². The molecule has 2 aromatic carbocycles. The average molecular weight is 400 g/mol. The van der Waals surface area contributed by atoms with Gasteiger partial charge in [0.15, 0.2) is 0 Å². The number of aliphatic hydroxyl groups is 1. The van der Waals surface area contributed by atoms with E-state index >= 15 is 0 Å². The van der Waals surface area contributed by atoms with Crippen LogP contribution < -0.4 is 9.46 Å². The number of aliphatic imine (C=N–C) groups is 1. The largest absolute Gasteiger partial charge is 0.491 e. The Morgan fingerprint density at radius 3 is 2.63 bits per heavy atom. The summed E-state index contributed by atoms with van der Waals surface area (Å²) in [5.41, 5.74) is -0.463. The van der Waals surface area contributed by atoms with Crippen LogP contribution in [0.5, 0.6) is 5.75 Å². The van der Waals surface area contributed by atoms with Gasteiger partial charge in [-0.25, -0.2) is 8.42 Å². The van der Waals surface area contributed by atoms with Crippen molar-refractivity contribution in [2.75, 3.05) is 13.2 Å². The highest BCUT2D eigenvalue weighted by molar-refractivity contribution is 7.90. The van der Waals surface area contributed by atoms with Crippen LogP contribution in [-0.4, -0.2) is 38.6 Å². The van der Waals surface area contributed by atoms with Gasteiger partial charge in [0.25, 0.3) is 10.0 Å². The van der Waals surface area contributed by atoms with Gasteiger partial charge in [-0.05, 0) is 30.3 Å². The molecule has 1 heterocycles. The van der Waals surface area contributed by atoms with E-state index in [1.165, 1.54) is 18.2 Å². The third-order valence-electron chi connectivity index (χ3n) is 3.73. The molecule has 1 atom stereocenters. The molecule has 2 aromatic rings. The van der Waals surface area contributed by atoms with Crippen molar-refractivity contribution in [2.24, 2.45) is 4.99 Å². The first-order valence-corrected chi connectivity index (χ1v) is 9.30. The van der Waals surface area contributed by atoms with Gasteiger partial charge in [0, 0.05) is 5.56 Å². The Balaban J connectivity index is 1.63. The zero-order valence-corrected chi connectivity index (χ0v) is 14.6. The number of rotatable bonds is 5. The second-order valence-electron chi connectivity index (χ2n) is 5.78. The third-order valence-corrected chi connectivity index (χ3v) is 5.12. The predicted molar refractivity (Wildman–Crippen MR) is 91.1 cm³/mol. The van der Waals surface area contributed by atoms with Gasteiger partial charge in [-0.15, -0.1) is 0 Å². The van der Waals surface area contributed by atoms with Crippen molar-refractivity contribution in [1.82, 2.24) is 4.72 Å². The van der Waals surface area contributed by atoms with Gasteiger partial charge in [-0.3, -0.25) is 9.71 Å². The van der Waals surface area contributed by atoms with E-state index in [2.05, 4.69) is 9.71 Å². The van der Waals surface area contributed by atoms with Crippen molar-refractivity contribution >= 4 is 15.9 Å². The molecule has 0 aromatic heterocycles. The normalized spacial score (nSPS) is 18.0. The molecule has 0 amide bonds. The summed E-state index contributed by atoms with van der Waals surface area (Å²) in [5, 5.41) is 9.95. The lowest BCUT2D eigenvalue weighted by Gasteiger charge is -2.12. The van der Waals surface area contributed by atoms with Crippen LogP contribution >= 0.6 is 0 Å². The monoisotopic (exact) mass is 400 g/mol. The molecule has 27 heavy (non-hydrogen) atoms. The molecule has 1 unspecified atom stereocenters. The summed E-state index contributed by atoms with van der Waals surface area (Å²) in [5.74, 6) is 0.0622. The number of amidine groups is 1. The van der Waals surface area contributed by atoms with Crippen LogP contribution in [0.1, 0.15) is 11.1 Å². The molecule has 0 aliphatic carbocycles. The number of hydrogen-bond acceptors (Lipinski definition) is 5. The van der Waals surface area contributed by atoms with Crippen LogP contribution in [0.2, 0.25) is 0 Å². The van der Waals surface area contributed by atoms with E-state index in [4.69, 9.17) is 4.74 Å². The number of hydrogen-bond donors (Lipinski definition) is 2. The maximum Gasteiger partial charge on any atom is 0.416 e. The summed E-state index contributed by atoms with van der Waals surface area (Å²) in [6.07, 6.45) is -5.62. The van der Waals surface area contributed by atoms with Crippen LogP contribution in [0, 0.1) is 0 Å². The van der Waals surface area contributed by atoms with Crippen LogP contribution in [0.4, 0.5) is 13.2 Å². The summed E-state index contributed by atoms with van der Waals surface area (Å²) < 4.78 is 69.4. The lowest BCUT2D eigenvalue weighted by molar-refractivity contribution is -0.137. The van der Waals surface area contributed by atoms with Gasteiger partial charge in [0.2, 0.25) is 0 Å². The minimum atomic E-state index is -4.49. The SMILES string of the molecule is O=S1(=O)NC(=NCC(O)COc2cccc(C(F)(F)F)c2)c2ccccc21. The summed E-state index contributed by atoms with van der Waals surface area (Å²) in [7, 11) is -3.68. The Morgan fingerprint density at radius 2 is 1.89 bits per heavy atom. The highest BCUT2D eigenvalue weighted by Crippen LogP contribution is 2.31. The van der Waals surface area contributed by atoms with Crippen LogP contribution in [0.3, 0.4) is 0 Å². The highest BCUT2D eigenvalue weighted by atomic mass is 32.2. The molecule has 0 saturated heterocycles. The molecule has 1 aliphatic heterocycles. The second kappa shape index (κ2) is 7.20. The number of halogens is 3. The maximum atomic E-state index is 12.7. The van der Waals surface area contributed by atoms with Crippen LogP contribution in [0.15, 0.2) is 58.4 Å². The number of sulfonamides is 1. The van der Waals surface area contributed by atoms with E-state index < -0.39 is 27.9 Å². The number of aliphatic hydroxyl groups excluding tert-OH is 1. The highest BCUT2D eigenvalue weighted by Gasteiger charge is 2.31. The second-order valence-corrected chi connectivity index (χ2v) is 7.43. The standard InChI is InChI=1S/C17H15F3N2O4S/c18-17(19,20)11-4-3-5-13(8-11)26-10-12(23)9-21-16-14-6-1-2-7-15(14)27(24,25)22-16/h1-8,12,23H,9-10H2,(H,21,22). The van der Waals surface area contributed by atoms with Crippen molar-refractivity contribution in [2.45, 2.75) is 17.2 Å². The summed E-state index contributed by atoms with van der Waals surface area (Å²) in [4.78, 5) is 4.14. The van der Waals surface area contributed by atoms with Crippen LogP contribution in [-0.2, 0) is 16.2 Å². The van der Waals surface area contributed by atoms with Gasteiger partial charge in [-0.1, -0.05) is 18.2 Å². The number of alkyl halides is 3. The Morgan fingerprint density at radius 1 is 1.15 bits per heavy atom. The minimum absolute atomic E-state index is 0.0385. The fraction of sp³-hybridized carbons (Fsp3) is 0.235. The number of fused-ring (bicyclic) bond motifs is 1. The quantitative estimate of drug-likeness (QED) is 0.805. The molecular weight excluding hydrogens is 385 g/mol. The maximum absolute atomic E-state index is 12.7. The molecule has 144 valence electrons. The Bertz CT molecular complexity index is 974. The molecule has 0 radical (unpaired) electrons. The van der Waals surface area contributed by atoms with Crippen molar-refractivity contribution in [3.05, 3.63) is 59.7 Å². The smallest absolute Gasteiger partial charge is 0.416 e.